The topological polar surface area (TPSA) is 187 Å². The number of nitrogens with two attached hydrogens (primary N) is 1. The third-order valence-corrected chi connectivity index (χ3v) is 8.89. The van der Waals surface area contributed by atoms with Gasteiger partial charge in [-0.1, -0.05) is 12.1 Å². The van der Waals surface area contributed by atoms with Crippen molar-refractivity contribution in [3.8, 4) is 5.75 Å². The molecule has 0 heterocycles. The van der Waals surface area contributed by atoms with Crippen molar-refractivity contribution in [2.45, 2.75) is 24.5 Å². The van der Waals surface area contributed by atoms with E-state index in [1.807, 2.05) is 0 Å². The van der Waals surface area contributed by atoms with Gasteiger partial charge in [0.1, 0.15) is 11.6 Å². The number of ketones is 4. The van der Waals surface area contributed by atoms with E-state index in [2.05, 4.69) is 5.32 Å². The molecule has 3 aliphatic carbocycles. The monoisotopic (exact) mass is 594 g/mol. The van der Waals surface area contributed by atoms with Crippen molar-refractivity contribution >= 4 is 46.3 Å². The van der Waals surface area contributed by atoms with Gasteiger partial charge in [0.2, 0.25) is 5.91 Å². The summed E-state index contributed by atoms with van der Waals surface area (Å²) in [6, 6.07) is 6.17. The van der Waals surface area contributed by atoms with Gasteiger partial charge in [-0.2, -0.15) is 0 Å². The Hall–Kier alpha value is -4.49. The fourth-order valence-electron chi connectivity index (χ4n) is 6.97. The van der Waals surface area contributed by atoms with Crippen molar-refractivity contribution in [2.75, 3.05) is 38.4 Å². The third kappa shape index (κ3) is 4.33. The summed E-state index contributed by atoms with van der Waals surface area (Å²) in [5, 5.41) is 25.2. The number of carbonyl (C=O) groups is 6. The number of nitrogens with zero attached hydrogens (tertiary/aromatic N) is 2. The van der Waals surface area contributed by atoms with Crippen molar-refractivity contribution in [3.05, 3.63) is 52.8 Å². The van der Waals surface area contributed by atoms with Crippen LogP contribution in [0.5, 0.6) is 5.75 Å². The number of nitrogens with one attached hydrogen (secondary N) is 1. The highest BCUT2D eigenvalue weighted by atomic mass is 19.1. The lowest BCUT2D eigenvalue weighted by Gasteiger charge is -2.52. The lowest BCUT2D eigenvalue weighted by atomic mass is 9.52. The summed E-state index contributed by atoms with van der Waals surface area (Å²) in [7, 11) is 6.38. The number of phenols is 1. The number of likely N-dealkylation sites (N-methyl/N-ethyl adjacent to an activating group) is 1. The Morgan fingerprint density at radius 3 is 2.33 bits per heavy atom. The van der Waals surface area contributed by atoms with Crippen LogP contribution in [0.15, 0.2) is 30.3 Å². The smallest absolute Gasteiger partial charge is 0.257 e. The second-order valence-electron chi connectivity index (χ2n) is 11.8. The van der Waals surface area contributed by atoms with Crippen LogP contribution in [0.3, 0.4) is 0 Å². The van der Waals surface area contributed by atoms with Crippen molar-refractivity contribution in [2.24, 2.45) is 29.4 Å². The Morgan fingerprint density at radius 2 is 1.72 bits per heavy atom. The zero-order valence-electron chi connectivity index (χ0n) is 23.9. The quantitative estimate of drug-likeness (QED) is 0.277. The lowest BCUT2D eigenvalue weighted by molar-refractivity contribution is -0.181. The zero-order valence-corrected chi connectivity index (χ0v) is 23.9. The van der Waals surface area contributed by atoms with Crippen LogP contribution in [0.2, 0.25) is 0 Å². The molecule has 0 radical (unpaired) electrons. The molecule has 12 nitrogen and oxygen atoms in total. The van der Waals surface area contributed by atoms with Crippen LogP contribution in [0.4, 0.5) is 15.8 Å². The number of benzene rings is 2. The molecule has 43 heavy (non-hydrogen) atoms. The largest absolute Gasteiger partial charge is 0.505 e. The second kappa shape index (κ2) is 10.3. The fourth-order valence-corrected chi connectivity index (χ4v) is 6.97. The number of amides is 2. The zero-order chi connectivity index (χ0) is 31.7. The predicted octanol–water partition coefficient (Wildman–Crippen LogP) is 0.324. The van der Waals surface area contributed by atoms with Gasteiger partial charge in [-0.3, -0.25) is 33.7 Å². The lowest BCUT2D eigenvalue weighted by Crippen LogP contribution is -2.74. The Kier molecular flexibility index (Phi) is 7.22. The first kappa shape index (κ1) is 30.0. The van der Waals surface area contributed by atoms with Crippen molar-refractivity contribution in [1.29, 1.82) is 0 Å². The highest BCUT2D eigenvalue weighted by molar-refractivity contribution is 6.32. The molecule has 2 aromatic rings. The number of rotatable bonds is 5. The van der Waals surface area contributed by atoms with Gasteiger partial charge in [0, 0.05) is 37.3 Å². The second-order valence-corrected chi connectivity index (χ2v) is 11.8. The van der Waals surface area contributed by atoms with E-state index in [1.54, 1.807) is 37.2 Å². The summed E-state index contributed by atoms with van der Waals surface area (Å²) in [4.78, 5) is 82.5. The first-order chi connectivity index (χ1) is 20.1. The minimum absolute atomic E-state index is 0.196. The highest BCUT2D eigenvalue weighted by Crippen LogP contribution is 2.51. The molecule has 2 unspecified atom stereocenters. The van der Waals surface area contributed by atoms with Crippen LogP contribution in [-0.2, 0) is 25.6 Å². The molecule has 3 aliphatic rings. The number of hydrogen-bond acceptors (Lipinski definition) is 10. The molecule has 0 saturated heterocycles. The number of halogens is 1. The molecule has 0 bridgehead atoms. The van der Waals surface area contributed by atoms with E-state index in [0.717, 1.165) is 6.07 Å². The van der Waals surface area contributed by atoms with Gasteiger partial charge < -0.3 is 26.2 Å². The normalized spacial score (nSPS) is 28.2. The maximum absolute atomic E-state index is 15.6. The van der Waals surface area contributed by atoms with Gasteiger partial charge in [0.05, 0.1) is 28.8 Å². The van der Waals surface area contributed by atoms with Gasteiger partial charge in [-0.05, 0) is 45.0 Å². The number of aromatic hydroxyl groups is 1. The maximum Gasteiger partial charge on any atom is 0.257 e. The van der Waals surface area contributed by atoms with Gasteiger partial charge in [0.15, 0.2) is 34.7 Å². The molecule has 5 rings (SSSR count). The van der Waals surface area contributed by atoms with Crippen molar-refractivity contribution < 1.29 is 43.4 Å². The molecule has 0 aromatic heterocycles. The average Bonchev–Trinajstić information content (AvgIpc) is 2.93. The average molecular weight is 595 g/mol. The Labute approximate surface area is 245 Å². The van der Waals surface area contributed by atoms with Crippen LogP contribution in [-0.4, -0.2) is 89.9 Å². The molecular weight excluding hydrogens is 563 g/mol. The van der Waals surface area contributed by atoms with Crippen molar-refractivity contribution in [1.82, 2.24) is 4.90 Å². The van der Waals surface area contributed by atoms with E-state index in [-0.39, 0.29) is 24.0 Å². The Balaban J connectivity index is 1.57. The van der Waals surface area contributed by atoms with E-state index >= 15 is 4.39 Å². The van der Waals surface area contributed by atoms with E-state index < -0.39 is 93.1 Å². The Morgan fingerprint density at radius 1 is 1.07 bits per heavy atom. The molecule has 226 valence electrons. The molecule has 2 aromatic carbocycles. The predicted molar refractivity (Wildman–Crippen MR) is 150 cm³/mol. The molecule has 6 atom stereocenters. The maximum atomic E-state index is 15.6. The number of para-hydroxylation sites is 1. The minimum atomic E-state index is -2.90. The van der Waals surface area contributed by atoms with Gasteiger partial charge >= 0.3 is 0 Å². The van der Waals surface area contributed by atoms with Gasteiger partial charge in [-0.15, -0.1) is 0 Å². The highest BCUT2D eigenvalue weighted by Gasteiger charge is 2.69. The fraction of sp³-hybridized carbons (Fsp3) is 0.400. The number of hydrogen-bond donors (Lipinski definition) is 4. The third-order valence-electron chi connectivity index (χ3n) is 8.89. The summed E-state index contributed by atoms with van der Waals surface area (Å²) < 4.78 is 15.6. The number of aliphatic hydroxyl groups is 1. The van der Waals surface area contributed by atoms with E-state index in [1.165, 1.54) is 25.1 Å². The molecule has 2 saturated carbocycles. The molecule has 0 spiro atoms. The number of phenolic OH excluding ortho intramolecular Hbond substituents is 1. The van der Waals surface area contributed by atoms with E-state index in [9.17, 15) is 39.0 Å². The van der Waals surface area contributed by atoms with Gasteiger partial charge in [0.25, 0.3) is 5.91 Å². The Bertz CT molecular complexity index is 1620. The standard InChI is InChI=1S/C30H31FN4O8/c1-34(2)18-8-6-5-7-13(18)29(42)33-17-11-16(31)14-9-12-10-15-22(35(3)4)25(38)21(28(32)41)27(40)30(15,43)26(39)19(12)24(37)20(14)23(17)36/h5-8,11-12,15,19,21-22,36,43H,9-10H2,1-4H3,(H2,32,41)(H,33,42)/t12-,15-,19?,21?,22-,30-/m0/s1. The van der Waals surface area contributed by atoms with Gasteiger partial charge in [-0.25, -0.2) is 4.39 Å². The minimum Gasteiger partial charge on any atom is -0.505 e. The van der Waals surface area contributed by atoms with Crippen LogP contribution >= 0.6 is 0 Å². The molecule has 5 N–H and O–H groups in total. The number of fused-ring (bicyclic) bond motifs is 3. The van der Waals surface area contributed by atoms with Crippen LogP contribution in [0.25, 0.3) is 0 Å². The number of Topliss-reactive ketones (excluding diaryl/α,β-unsaturated/α-hetero) is 4. The first-order valence-corrected chi connectivity index (χ1v) is 13.6. The first-order valence-electron chi connectivity index (χ1n) is 13.6. The summed E-state index contributed by atoms with van der Waals surface area (Å²) >= 11 is 0. The number of carbonyl (C=O) groups excluding carboxylic acids is 6. The SMILES string of the molecule is CN(C)c1ccccc1C(=O)Nc1cc(F)c2c(c1O)C(=O)C1C(=O)[C@]3(O)C(=O)C(C(N)=O)C(=O)[C@@H](N(C)C)[C@@H]3C[C@@H]1C2. The molecule has 2 amide bonds. The number of primary amides is 1. The van der Waals surface area contributed by atoms with E-state index in [4.69, 9.17) is 5.73 Å². The molecule has 2 fully saturated rings. The van der Waals surface area contributed by atoms with Crippen LogP contribution in [0.1, 0.15) is 32.7 Å². The van der Waals surface area contributed by atoms with E-state index in [0.29, 0.717) is 5.69 Å². The molecule has 0 aliphatic heterocycles. The summed E-state index contributed by atoms with van der Waals surface area (Å²) in [5.74, 6) is -14.3. The summed E-state index contributed by atoms with van der Waals surface area (Å²) in [5.41, 5.74) is 2.00. The summed E-state index contributed by atoms with van der Waals surface area (Å²) in [6.07, 6.45) is -0.438. The van der Waals surface area contributed by atoms with Crippen LogP contribution < -0.4 is 16.0 Å². The molecular formula is C30H31FN4O8. The van der Waals surface area contributed by atoms with Crippen molar-refractivity contribution in [3.63, 3.8) is 0 Å². The molecule has 13 heteroatoms. The number of anilines is 2. The van der Waals surface area contributed by atoms with Crippen LogP contribution in [0, 0.1) is 29.5 Å². The summed E-state index contributed by atoms with van der Waals surface area (Å²) in [6.45, 7) is 0.